The first-order chi connectivity index (χ1) is 13.4. The number of carbonyl (C=O) groups excluding carboxylic acids is 1. The monoisotopic (exact) mass is 432 g/mol. The van der Waals surface area contributed by atoms with Gasteiger partial charge in [-0.25, -0.2) is 8.42 Å². The molecular formula is C20H17ClN2O3S2. The summed E-state index contributed by atoms with van der Waals surface area (Å²) in [4.78, 5) is 13.9. The lowest BCUT2D eigenvalue weighted by molar-refractivity contribution is 0.102. The van der Waals surface area contributed by atoms with Crippen molar-refractivity contribution in [2.75, 3.05) is 11.9 Å². The summed E-state index contributed by atoms with van der Waals surface area (Å²) in [7, 11) is -3.68. The minimum absolute atomic E-state index is 0.120. The number of fused-ring (bicyclic) bond motifs is 1. The molecule has 1 aliphatic heterocycles. The third-order valence-corrected chi connectivity index (χ3v) is 7.72. The largest absolute Gasteiger partial charge is 0.322 e. The lowest BCUT2D eigenvalue weighted by Gasteiger charge is -2.26. The van der Waals surface area contributed by atoms with Gasteiger partial charge in [0.25, 0.3) is 5.91 Å². The zero-order valence-corrected chi connectivity index (χ0v) is 17.2. The van der Waals surface area contributed by atoms with Crippen LogP contribution in [0.15, 0.2) is 64.9 Å². The Kier molecular flexibility index (Phi) is 5.25. The van der Waals surface area contributed by atoms with Crippen molar-refractivity contribution in [3.05, 3.63) is 81.0 Å². The quantitative estimate of drug-likeness (QED) is 0.664. The van der Waals surface area contributed by atoms with Gasteiger partial charge in [-0.2, -0.15) is 4.31 Å². The van der Waals surface area contributed by atoms with Gasteiger partial charge in [0.1, 0.15) is 0 Å². The Labute approximate surface area is 172 Å². The predicted molar refractivity (Wildman–Crippen MR) is 111 cm³/mol. The van der Waals surface area contributed by atoms with E-state index in [9.17, 15) is 13.2 Å². The number of sulfonamides is 1. The van der Waals surface area contributed by atoms with Crippen molar-refractivity contribution in [3.8, 4) is 0 Å². The molecular weight excluding hydrogens is 416 g/mol. The minimum atomic E-state index is -3.68. The van der Waals surface area contributed by atoms with E-state index in [1.165, 1.54) is 21.3 Å². The number of benzene rings is 2. The third kappa shape index (κ3) is 3.84. The highest BCUT2D eigenvalue weighted by atomic mass is 35.5. The molecule has 3 aromatic rings. The lowest BCUT2D eigenvalue weighted by Crippen LogP contribution is -2.35. The van der Waals surface area contributed by atoms with Crippen molar-refractivity contribution in [2.45, 2.75) is 17.9 Å². The summed E-state index contributed by atoms with van der Waals surface area (Å²) < 4.78 is 27.6. The van der Waals surface area contributed by atoms with E-state index in [2.05, 4.69) is 5.32 Å². The highest BCUT2D eigenvalue weighted by molar-refractivity contribution is 7.89. The topological polar surface area (TPSA) is 66.5 Å². The van der Waals surface area contributed by atoms with Crippen LogP contribution in [0.5, 0.6) is 0 Å². The van der Waals surface area contributed by atoms with Gasteiger partial charge in [0.15, 0.2) is 0 Å². The summed E-state index contributed by atoms with van der Waals surface area (Å²) in [6.07, 6.45) is 0.711. The first kappa shape index (κ1) is 19.1. The van der Waals surface area contributed by atoms with E-state index in [0.29, 0.717) is 30.2 Å². The second kappa shape index (κ2) is 7.67. The fourth-order valence-electron chi connectivity index (χ4n) is 3.11. The molecule has 1 amide bonds. The van der Waals surface area contributed by atoms with Gasteiger partial charge in [-0.1, -0.05) is 17.7 Å². The van der Waals surface area contributed by atoms with Gasteiger partial charge in [0.05, 0.1) is 4.90 Å². The molecule has 8 heteroatoms. The zero-order valence-electron chi connectivity index (χ0n) is 14.8. The molecule has 0 saturated carbocycles. The summed E-state index contributed by atoms with van der Waals surface area (Å²) in [6.45, 7) is 0.805. The summed E-state index contributed by atoms with van der Waals surface area (Å²) in [5.41, 5.74) is 1.92. The molecule has 1 aromatic heterocycles. The van der Waals surface area contributed by atoms with Crippen LogP contribution in [0.3, 0.4) is 0 Å². The van der Waals surface area contributed by atoms with Crippen LogP contribution >= 0.6 is 22.9 Å². The number of hydrogen-bond acceptors (Lipinski definition) is 4. The molecule has 0 bridgehead atoms. The molecule has 1 aliphatic rings. The molecule has 0 aliphatic carbocycles. The van der Waals surface area contributed by atoms with E-state index < -0.39 is 10.0 Å². The first-order valence-corrected chi connectivity index (χ1v) is 11.4. The van der Waals surface area contributed by atoms with Crippen molar-refractivity contribution in [3.63, 3.8) is 0 Å². The van der Waals surface area contributed by atoms with Crippen molar-refractivity contribution in [2.24, 2.45) is 0 Å². The fourth-order valence-corrected chi connectivity index (χ4v) is 5.59. The Morgan fingerprint density at radius 2 is 1.89 bits per heavy atom. The molecule has 144 valence electrons. The van der Waals surface area contributed by atoms with E-state index in [1.807, 2.05) is 11.4 Å². The SMILES string of the molecule is O=C(Nc1ccc(Cl)cc1)c1cccc(S(=O)(=O)N2CCc3sccc3C2)c1. The van der Waals surface area contributed by atoms with Gasteiger partial charge >= 0.3 is 0 Å². The normalized spacial score (nSPS) is 14.5. The highest BCUT2D eigenvalue weighted by Crippen LogP contribution is 2.28. The standard InChI is InChI=1S/C20H17ClN2O3S2/c21-16-4-6-17(7-5-16)22-20(24)14-2-1-3-18(12-14)28(25,26)23-10-8-19-15(13-23)9-11-27-19/h1-7,9,11-12H,8,10,13H2,(H,22,24). The Bertz CT molecular complexity index is 1120. The number of nitrogens with zero attached hydrogens (tertiary/aromatic N) is 1. The van der Waals surface area contributed by atoms with Gasteiger partial charge in [-0.15, -0.1) is 11.3 Å². The summed E-state index contributed by atoms with van der Waals surface area (Å²) >= 11 is 7.51. The first-order valence-electron chi connectivity index (χ1n) is 8.66. The molecule has 2 heterocycles. The number of carbonyl (C=O) groups is 1. The molecule has 28 heavy (non-hydrogen) atoms. The van der Waals surface area contributed by atoms with Gasteiger partial charge in [0.2, 0.25) is 10.0 Å². The molecule has 0 saturated heterocycles. The van der Waals surface area contributed by atoms with Crippen LogP contribution in [-0.2, 0) is 23.0 Å². The van der Waals surface area contributed by atoms with Gasteiger partial charge in [-0.05, 0) is 65.9 Å². The van der Waals surface area contributed by atoms with Crippen molar-refractivity contribution >= 4 is 44.6 Å². The smallest absolute Gasteiger partial charge is 0.255 e. The predicted octanol–water partition coefficient (Wildman–Crippen LogP) is 4.40. The summed E-state index contributed by atoms with van der Waals surface area (Å²) in [5, 5.41) is 5.31. The van der Waals surface area contributed by atoms with E-state index in [0.717, 1.165) is 5.56 Å². The second-order valence-electron chi connectivity index (χ2n) is 6.45. The maximum atomic E-state index is 13.1. The van der Waals surface area contributed by atoms with Gasteiger partial charge < -0.3 is 5.32 Å². The molecule has 0 fully saturated rings. The number of hydrogen-bond donors (Lipinski definition) is 1. The van der Waals surface area contributed by atoms with Crippen molar-refractivity contribution in [1.82, 2.24) is 4.31 Å². The van der Waals surface area contributed by atoms with Crippen LogP contribution in [0, 0.1) is 0 Å². The molecule has 0 unspecified atom stereocenters. The molecule has 2 aromatic carbocycles. The van der Waals surface area contributed by atoms with Gasteiger partial charge in [0, 0.05) is 34.2 Å². The Morgan fingerprint density at radius 1 is 1.11 bits per heavy atom. The number of rotatable bonds is 4. The summed E-state index contributed by atoms with van der Waals surface area (Å²) in [5.74, 6) is -0.377. The van der Waals surface area contributed by atoms with Crippen LogP contribution < -0.4 is 5.32 Å². The number of nitrogens with one attached hydrogen (secondary N) is 1. The average Bonchev–Trinajstić information content (AvgIpc) is 3.17. The summed E-state index contributed by atoms with van der Waals surface area (Å²) in [6, 6.07) is 14.8. The number of anilines is 1. The van der Waals surface area contributed by atoms with Gasteiger partial charge in [-0.3, -0.25) is 4.79 Å². The fraction of sp³-hybridized carbons (Fsp3) is 0.150. The van der Waals surface area contributed by atoms with E-state index >= 15 is 0 Å². The third-order valence-electron chi connectivity index (χ3n) is 4.61. The average molecular weight is 433 g/mol. The minimum Gasteiger partial charge on any atom is -0.322 e. The highest BCUT2D eigenvalue weighted by Gasteiger charge is 2.29. The van der Waals surface area contributed by atoms with E-state index in [4.69, 9.17) is 11.6 Å². The van der Waals surface area contributed by atoms with Crippen LogP contribution in [0.1, 0.15) is 20.8 Å². The van der Waals surface area contributed by atoms with Crippen LogP contribution in [-0.4, -0.2) is 25.2 Å². The molecule has 0 radical (unpaired) electrons. The molecule has 5 nitrogen and oxygen atoms in total. The van der Waals surface area contributed by atoms with Crippen molar-refractivity contribution < 1.29 is 13.2 Å². The second-order valence-corrected chi connectivity index (χ2v) is 9.82. The zero-order chi connectivity index (χ0) is 19.7. The van der Waals surface area contributed by atoms with Crippen LogP contribution in [0.2, 0.25) is 5.02 Å². The maximum absolute atomic E-state index is 13.1. The molecule has 1 N–H and O–H groups in total. The Morgan fingerprint density at radius 3 is 2.68 bits per heavy atom. The lowest BCUT2D eigenvalue weighted by atomic mass is 10.1. The van der Waals surface area contributed by atoms with E-state index in [-0.39, 0.29) is 16.4 Å². The molecule has 0 atom stereocenters. The van der Waals surface area contributed by atoms with Crippen molar-refractivity contribution in [1.29, 1.82) is 0 Å². The Hall–Kier alpha value is -2.19. The van der Waals surface area contributed by atoms with E-state index in [1.54, 1.807) is 47.7 Å². The number of amides is 1. The number of thiophene rings is 1. The molecule has 0 spiro atoms. The molecule has 4 rings (SSSR count). The number of halogens is 1. The van der Waals surface area contributed by atoms with Crippen LogP contribution in [0.25, 0.3) is 0 Å². The Balaban J connectivity index is 1.56. The maximum Gasteiger partial charge on any atom is 0.255 e. The van der Waals surface area contributed by atoms with Crippen LogP contribution in [0.4, 0.5) is 5.69 Å².